The van der Waals surface area contributed by atoms with Gasteiger partial charge >= 0.3 is 0 Å². The highest BCUT2D eigenvalue weighted by molar-refractivity contribution is 6.00. The van der Waals surface area contributed by atoms with Crippen molar-refractivity contribution < 1.29 is 4.79 Å². The fourth-order valence-electron chi connectivity index (χ4n) is 3.32. The first-order chi connectivity index (χ1) is 11.3. The third-order valence-electron chi connectivity index (χ3n) is 4.60. The first-order valence-electron chi connectivity index (χ1n) is 8.23. The van der Waals surface area contributed by atoms with Gasteiger partial charge in [0.15, 0.2) is 0 Å². The van der Waals surface area contributed by atoms with Gasteiger partial charge in [-0.3, -0.25) is 9.89 Å². The SMILES string of the molecule is CCCCNC(=O)c1ccc2[nH]c3c(c2c1)CCc1cn[nH]c1-3. The van der Waals surface area contributed by atoms with Crippen molar-refractivity contribution in [1.82, 2.24) is 20.5 Å². The molecule has 0 radical (unpaired) electrons. The van der Waals surface area contributed by atoms with Crippen LogP contribution in [0.1, 0.15) is 41.3 Å². The van der Waals surface area contributed by atoms with Gasteiger partial charge in [-0.2, -0.15) is 5.10 Å². The maximum Gasteiger partial charge on any atom is 0.251 e. The van der Waals surface area contributed by atoms with Crippen LogP contribution in [0.4, 0.5) is 0 Å². The fourth-order valence-corrected chi connectivity index (χ4v) is 3.32. The summed E-state index contributed by atoms with van der Waals surface area (Å²) in [5.41, 5.74) is 6.52. The zero-order valence-electron chi connectivity index (χ0n) is 13.2. The van der Waals surface area contributed by atoms with E-state index in [9.17, 15) is 4.79 Å². The molecule has 2 heterocycles. The van der Waals surface area contributed by atoms with Gasteiger partial charge in [0.05, 0.1) is 17.6 Å². The summed E-state index contributed by atoms with van der Waals surface area (Å²) in [4.78, 5) is 15.7. The maximum absolute atomic E-state index is 12.3. The van der Waals surface area contributed by atoms with E-state index in [4.69, 9.17) is 0 Å². The molecule has 5 heteroatoms. The Labute approximate surface area is 134 Å². The standard InChI is InChI=1S/C18H20N4O/c1-2-3-8-19-18(23)11-5-7-15-14(9-11)13-6-4-12-10-20-22-16(12)17(13)21-15/h5,7,9-10,21H,2-4,6,8H2,1H3,(H,19,23)(H,20,22). The monoisotopic (exact) mass is 308 g/mol. The Balaban J connectivity index is 1.72. The number of amides is 1. The normalized spacial score (nSPS) is 12.9. The number of unbranched alkanes of at least 4 members (excludes halogenated alkanes) is 1. The minimum Gasteiger partial charge on any atom is -0.353 e. The van der Waals surface area contributed by atoms with Gasteiger partial charge in [-0.05, 0) is 48.6 Å². The van der Waals surface area contributed by atoms with E-state index in [0.717, 1.165) is 60.1 Å². The quantitative estimate of drug-likeness (QED) is 0.648. The molecule has 1 aliphatic rings. The highest BCUT2D eigenvalue weighted by Gasteiger charge is 2.22. The first kappa shape index (κ1) is 14.1. The summed E-state index contributed by atoms with van der Waals surface area (Å²) in [6.45, 7) is 2.85. The number of aryl methyl sites for hydroxylation is 2. The van der Waals surface area contributed by atoms with Crippen LogP contribution in [0.5, 0.6) is 0 Å². The minimum absolute atomic E-state index is 0.00772. The van der Waals surface area contributed by atoms with E-state index in [-0.39, 0.29) is 5.91 Å². The van der Waals surface area contributed by atoms with Gasteiger partial charge in [-0.25, -0.2) is 0 Å². The van der Waals surface area contributed by atoms with Crippen LogP contribution in [0.15, 0.2) is 24.4 Å². The van der Waals surface area contributed by atoms with E-state index >= 15 is 0 Å². The summed E-state index contributed by atoms with van der Waals surface area (Å²) in [6.07, 6.45) is 5.95. The third-order valence-corrected chi connectivity index (χ3v) is 4.60. The summed E-state index contributed by atoms with van der Waals surface area (Å²) in [6, 6.07) is 5.89. The molecule has 4 rings (SSSR count). The third kappa shape index (κ3) is 2.32. The maximum atomic E-state index is 12.3. The second-order valence-corrected chi connectivity index (χ2v) is 6.12. The predicted octanol–water partition coefficient (Wildman–Crippen LogP) is 3.19. The number of H-pyrrole nitrogens is 2. The molecule has 0 bridgehead atoms. The van der Waals surface area contributed by atoms with E-state index in [0.29, 0.717) is 0 Å². The van der Waals surface area contributed by atoms with E-state index < -0.39 is 0 Å². The average molecular weight is 308 g/mol. The van der Waals surface area contributed by atoms with Gasteiger partial charge in [0.2, 0.25) is 0 Å². The van der Waals surface area contributed by atoms with Crippen molar-refractivity contribution >= 4 is 16.8 Å². The lowest BCUT2D eigenvalue weighted by Gasteiger charge is -2.11. The largest absolute Gasteiger partial charge is 0.353 e. The van der Waals surface area contributed by atoms with Crippen molar-refractivity contribution in [2.75, 3.05) is 6.54 Å². The summed E-state index contributed by atoms with van der Waals surface area (Å²) >= 11 is 0. The Kier molecular flexibility index (Phi) is 3.41. The van der Waals surface area contributed by atoms with Crippen LogP contribution in [0.25, 0.3) is 22.3 Å². The van der Waals surface area contributed by atoms with Gasteiger partial charge in [-0.15, -0.1) is 0 Å². The zero-order chi connectivity index (χ0) is 15.8. The van der Waals surface area contributed by atoms with E-state index in [1.165, 1.54) is 11.1 Å². The van der Waals surface area contributed by atoms with Crippen molar-refractivity contribution in [1.29, 1.82) is 0 Å². The average Bonchev–Trinajstić information content (AvgIpc) is 3.18. The van der Waals surface area contributed by atoms with Crippen LogP contribution in [0, 0.1) is 0 Å². The number of carbonyl (C=O) groups is 1. The van der Waals surface area contributed by atoms with Crippen LogP contribution in [0.3, 0.4) is 0 Å². The molecule has 1 aliphatic carbocycles. The van der Waals surface area contributed by atoms with Gasteiger partial charge < -0.3 is 10.3 Å². The van der Waals surface area contributed by atoms with E-state index in [1.54, 1.807) is 0 Å². The molecule has 0 spiro atoms. The Morgan fingerprint density at radius 2 is 2.22 bits per heavy atom. The van der Waals surface area contributed by atoms with Gasteiger partial charge in [0, 0.05) is 23.0 Å². The molecule has 3 aromatic rings. The Bertz CT molecular complexity index is 874. The Hall–Kier alpha value is -2.56. The Morgan fingerprint density at radius 1 is 1.30 bits per heavy atom. The lowest BCUT2D eigenvalue weighted by molar-refractivity contribution is 0.0953. The first-order valence-corrected chi connectivity index (χ1v) is 8.23. The molecule has 0 atom stereocenters. The molecule has 3 N–H and O–H groups in total. The van der Waals surface area contributed by atoms with Gasteiger partial charge in [-0.1, -0.05) is 13.3 Å². The molecule has 0 fully saturated rings. The summed E-state index contributed by atoms with van der Waals surface area (Å²) in [5.74, 6) is 0.00772. The molecule has 1 aromatic carbocycles. The van der Waals surface area contributed by atoms with Crippen LogP contribution in [-0.2, 0) is 12.8 Å². The molecular weight excluding hydrogens is 288 g/mol. The minimum atomic E-state index is 0.00772. The van der Waals surface area contributed by atoms with Crippen LogP contribution in [-0.4, -0.2) is 27.6 Å². The molecule has 0 unspecified atom stereocenters. The predicted molar refractivity (Wildman–Crippen MR) is 90.5 cm³/mol. The van der Waals surface area contributed by atoms with Crippen molar-refractivity contribution in [3.8, 4) is 11.4 Å². The fraction of sp³-hybridized carbons (Fsp3) is 0.333. The zero-order valence-corrected chi connectivity index (χ0v) is 13.2. The topological polar surface area (TPSA) is 73.6 Å². The molecule has 2 aromatic heterocycles. The van der Waals surface area contributed by atoms with Crippen molar-refractivity contribution in [2.45, 2.75) is 32.6 Å². The number of nitrogens with zero attached hydrogens (tertiary/aromatic N) is 1. The molecule has 5 nitrogen and oxygen atoms in total. The van der Waals surface area contributed by atoms with E-state index in [1.807, 2.05) is 24.4 Å². The lowest BCUT2D eigenvalue weighted by atomic mass is 9.93. The second-order valence-electron chi connectivity index (χ2n) is 6.12. The van der Waals surface area contributed by atoms with Crippen LogP contribution < -0.4 is 5.32 Å². The van der Waals surface area contributed by atoms with Crippen LogP contribution >= 0.6 is 0 Å². The Morgan fingerprint density at radius 3 is 3.09 bits per heavy atom. The number of benzene rings is 1. The van der Waals surface area contributed by atoms with Gasteiger partial charge in [0.1, 0.15) is 0 Å². The number of nitrogens with one attached hydrogen (secondary N) is 3. The molecule has 0 aliphatic heterocycles. The number of aromatic amines is 2. The summed E-state index contributed by atoms with van der Waals surface area (Å²) in [7, 11) is 0. The van der Waals surface area contributed by atoms with Crippen molar-refractivity contribution in [3.63, 3.8) is 0 Å². The van der Waals surface area contributed by atoms with E-state index in [2.05, 4.69) is 27.4 Å². The summed E-state index contributed by atoms with van der Waals surface area (Å²) < 4.78 is 0. The smallest absolute Gasteiger partial charge is 0.251 e. The van der Waals surface area contributed by atoms with Gasteiger partial charge in [0.25, 0.3) is 5.91 Å². The number of carbonyl (C=O) groups excluding carboxylic acids is 1. The second kappa shape index (κ2) is 5.57. The number of hydrogen-bond acceptors (Lipinski definition) is 2. The number of hydrogen-bond donors (Lipinski definition) is 3. The number of aromatic nitrogens is 3. The lowest BCUT2D eigenvalue weighted by Crippen LogP contribution is -2.24. The highest BCUT2D eigenvalue weighted by atomic mass is 16.1. The molecule has 1 amide bonds. The molecule has 0 saturated heterocycles. The van der Waals surface area contributed by atoms with Crippen molar-refractivity contribution in [3.05, 3.63) is 41.1 Å². The number of rotatable bonds is 4. The highest BCUT2D eigenvalue weighted by Crippen LogP contribution is 2.36. The molecular formula is C18H20N4O. The molecule has 23 heavy (non-hydrogen) atoms. The number of fused-ring (bicyclic) bond motifs is 5. The molecule has 118 valence electrons. The van der Waals surface area contributed by atoms with Crippen LogP contribution in [0.2, 0.25) is 0 Å². The van der Waals surface area contributed by atoms with Crippen molar-refractivity contribution in [2.24, 2.45) is 0 Å². The molecule has 0 saturated carbocycles. The summed E-state index contributed by atoms with van der Waals surface area (Å²) in [5, 5.41) is 11.4.